The SMILES string of the molecule is CCOC(CC)(CC)c1noc(-c2ncccc2N)n1. The number of ether oxygens (including phenoxy) is 1. The topological polar surface area (TPSA) is 87.1 Å². The van der Waals surface area contributed by atoms with Crippen molar-refractivity contribution in [3.63, 3.8) is 0 Å². The Morgan fingerprint density at radius 1 is 1.30 bits per heavy atom. The number of pyridine rings is 1. The van der Waals surface area contributed by atoms with Gasteiger partial charge in [0.1, 0.15) is 5.60 Å². The van der Waals surface area contributed by atoms with Gasteiger partial charge in [0.25, 0.3) is 5.89 Å². The zero-order valence-corrected chi connectivity index (χ0v) is 12.1. The number of anilines is 1. The Morgan fingerprint density at radius 2 is 2.05 bits per heavy atom. The first-order valence-electron chi connectivity index (χ1n) is 6.85. The standard InChI is InChI=1S/C14H20N4O2/c1-4-14(5-2,19-6-3)13-17-12(20-18-13)11-10(15)8-7-9-16-11/h7-9H,4-6,15H2,1-3H3. The van der Waals surface area contributed by atoms with Crippen LogP contribution in [-0.4, -0.2) is 21.7 Å². The van der Waals surface area contributed by atoms with Gasteiger partial charge in [0.05, 0.1) is 5.69 Å². The lowest BCUT2D eigenvalue weighted by molar-refractivity contribution is -0.0583. The molecule has 0 spiro atoms. The molecule has 0 saturated carbocycles. The normalized spacial score (nSPS) is 11.8. The Labute approximate surface area is 118 Å². The lowest BCUT2D eigenvalue weighted by Gasteiger charge is -2.27. The summed E-state index contributed by atoms with van der Waals surface area (Å²) in [6.45, 7) is 6.64. The van der Waals surface area contributed by atoms with Crippen LogP contribution in [0.1, 0.15) is 39.4 Å². The maximum Gasteiger partial charge on any atom is 0.278 e. The largest absolute Gasteiger partial charge is 0.397 e. The van der Waals surface area contributed by atoms with Gasteiger partial charge < -0.3 is 15.0 Å². The Kier molecular flexibility index (Phi) is 4.34. The monoisotopic (exact) mass is 276 g/mol. The van der Waals surface area contributed by atoms with Crippen LogP contribution in [0.4, 0.5) is 5.69 Å². The lowest BCUT2D eigenvalue weighted by atomic mass is 9.96. The van der Waals surface area contributed by atoms with E-state index in [0.29, 0.717) is 29.7 Å². The first-order chi connectivity index (χ1) is 9.66. The molecule has 0 amide bonds. The van der Waals surface area contributed by atoms with Gasteiger partial charge in [-0.2, -0.15) is 4.98 Å². The summed E-state index contributed by atoms with van der Waals surface area (Å²) in [4.78, 5) is 8.61. The number of hydrogen-bond acceptors (Lipinski definition) is 6. The zero-order valence-electron chi connectivity index (χ0n) is 12.1. The van der Waals surface area contributed by atoms with Crippen molar-refractivity contribution < 1.29 is 9.26 Å². The third kappa shape index (κ3) is 2.51. The molecular formula is C14H20N4O2. The summed E-state index contributed by atoms with van der Waals surface area (Å²) in [6.07, 6.45) is 3.19. The van der Waals surface area contributed by atoms with Gasteiger partial charge in [-0.25, -0.2) is 4.98 Å². The fourth-order valence-electron chi connectivity index (χ4n) is 2.21. The molecule has 2 N–H and O–H groups in total. The van der Waals surface area contributed by atoms with Crippen LogP contribution in [-0.2, 0) is 10.3 Å². The second kappa shape index (κ2) is 6.00. The van der Waals surface area contributed by atoms with Crippen LogP contribution in [0.15, 0.2) is 22.9 Å². The second-order valence-corrected chi connectivity index (χ2v) is 4.50. The predicted molar refractivity (Wildman–Crippen MR) is 75.8 cm³/mol. The summed E-state index contributed by atoms with van der Waals surface area (Å²) in [5, 5.41) is 4.06. The maximum atomic E-state index is 5.87. The smallest absolute Gasteiger partial charge is 0.278 e. The number of aromatic nitrogens is 3. The molecule has 6 nitrogen and oxygen atoms in total. The molecule has 0 aliphatic heterocycles. The zero-order chi connectivity index (χ0) is 14.6. The van der Waals surface area contributed by atoms with Crippen molar-refractivity contribution in [2.45, 2.75) is 39.2 Å². The van der Waals surface area contributed by atoms with Gasteiger partial charge in [-0.1, -0.05) is 19.0 Å². The Bertz CT molecular complexity index is 564. The molecule has 0 aliphatic rings. The Balaban J connectivity index is 2.39. The van der Waals surface area contributed by atoms with E-state index in [-0.39, 0.29) is 0 Å². The molecule has 2 rings (SSSR count). The molecule has 0 radical (unpaired) electrons. The summed E-state index contributed by atoms with van der Waals surface area (Å²) in [5.41, 5.74) is 6.37. The van der Waals surface area contributed by atoms with E-state index in [0.717, 1.165) is 12.8 Å². The molecule has 0 atom stereocenters. The van der Waals surface area contributed by atoms with E-state index < -0.39 is 5.60 Å². The molecule has 2 heterocycles. The molecule has 0 bridgehead atoms. The summed E-state index contributed by atoms with van der Waals surface area (Å²) in [7, 11) is 0. The number of nitrogens with zero attached hydrogens (tertiary/aromatic N) is 3. The summed E-state index contributed by atoms with van der Waals surface area (Å²) in [5.74, 6) is 0.869. The highest BCUT2D eigenvalue weighted by atomic mass is 16.5. The van der Waals surface area contributed by atoms with Crippen LogP contribution in [0.25, 0.3) is 11.6 Å². The van der Waals surface area contributed by atoms with Gasteiger partial charge in [0.15, 0.2) is 5.69 Å². The van der Waals surface area contributed by atoms with Crippen molar-refractivity contribution >= 4 is 5.69 Å². The number of nitrogens with two attached hydrogens (primary N) is 1. The summed E-state index contributed by atoms with van der Waals surface area (Å²) < 4.78 is 11.2. The van der Waals surface area contributed by atoms with Gasteiger partial charge in [-0.05, 0) is 31.9 Å². The number of nitrogen functional groups attached to an aromatic ring is 1. The molecule has 2 aromatic rings. The van der Waals surface area contributed by atoms with E-state index in [1.165, 1.54) is 0 Å². The van der Waals surface area contributed by atoms with Crippen molar-refractivity contribution in [3.05, 3.63) is 24.2 Å². The molecule has 6 heteroatoms. The lowest BCUT2D eigenvalue weighted by Crippen LogP contribution is -2.29. The average Bonchev–Trinajstić information content (AvgIpc) is 2.95. The average molecular weight is 276 g/mol. The quantitative estimate of drug-likeness (QED) is 0.872. The van der Waals surface area contributed by atoms with Crippen LogP contribution in [0.2, 0.25) is 0 Å². The third-order valence-corrected chi connectivity index (χ3v) is 3.44. The van der Waals surface area contributed by atoms with E-state index in [2.05, 4.69) is 15.1 Å². The fraction of sp³-hybridized carbons (Fsp3) is 0.500. The van der Waals surface area contributed by atoms with Crippen molar-refractivity contribution in [2.24, 2.45) is 0 Å². The molecule has 2 aromatic heterocycles. The van der Waals surface area contributed by atoms with E-state index in [9.17, 15) is 0 Å². The van der Waals surface area contributed by atoms with Crippen LogP contribution in [0.5, 0.6) is 0 Å². The molecule has 108 valence electrons. The van der Waals surface area contributed by atoms with Crippen molar-refractivity contribution in [1.82, 2.24) is 15.1 Å². The molecule has 0 saturated heterocycles. The van der Waals surface area contributed by atoms with E-state index in [1.54, 1.807) is 18.3 Å². The van der Waals surface area contributed by atoms with Gasteiger partial charge >= 0.3 is 0 Å². The molecule has 0 fully saturated rings. The molecule has 20 heavy (non-hydrogen) atoms. The van der Waals surface area contributed by atoms with E-state index >= 15 is 0 Å². The summed E-state index contributed by atoms with van der Waals surface area (Å²) in [6, 6.07) is 3.51. The predicted octanol–water partition coefficient (Wildman–Crippen LogP) is 2.77. The third-order valence-electron chi connectivity index (χ3n) is 3.44. The molecule has 0 aromatic carbocycles. The van der Waals surface area contributed by atoms with Crippen LogP contribution in [0.3, 0.4) is 0 Å². The van der Waals surface area contributed by atoms with Gasteiger partial charge in [0.2, 0.25) is 5.82 Å². The second-order valence-electron chi connectivity index (χ2n) is 4.50. The summed E-state index contributed by atoms with van der Waals surface area (Å²) >= 11 is 0. The Hall–Kier alpha value is -1.95. The minimum Gasteiger partial charge on any atom is -0.397 e. The number of hydrogen-bond donors (Lipinski definition) is 1. The van der Waals surface area contributed by atoms with Gasteiger partial charge in [0, 0.05) is 12.8 Å². The molecular weight excluding hydrogens is 256 g/mol. The van der Waals surface area contributed by atoms with Gasteiger partial charge in [-0.15, -0.1) is 0 Å². The van der Waals surface area contributed by atoms with E-state index in [1.807, 2.05) is 20.8 Å². The highest BCUT2D eigenvalue weighted by Crippen LogP contribution is 2.32. The Morgan fingerprint density at radius 3 is 2.65 bits per heavy atom. The first-order valence-corrected chi connectivity index (χ1v) is 6.85. The van der Waals surface area contributed by atoms with Crippen molar-refractivity contribution in [3.8, 4) is 11.6 Å². The minimum absolute atomic E-state index is 0.323. The molecule has 0 unspecified atom stereocenters. The van der Waals surface area contributed by atoms with Crippen molar-refractivity contribution in [2.75, 3.05) is 12.3 Å². The van der Waals surface area contributed by atoms with E-state index in [4.69, 9.17) is 15.0 Å². The van der Waals surface area contributed by atoms with Crippen molar-refractivity contribution in [1.29, 1.82) is 0 Å². The van der Waals surface area contributed by atoms with Gasteiger partial charge in [-0.3, -0.25) is 0 Å². The van der Waals surface area contributed by atoms with Crippen LogP contribution < -0.4 is 5.73 Å². The van der Waals surface area contributed by atoms with Crippen LogP contribution >= 0.6 is 0 Å². The number of rotatable bonds is 6. The highest BCUT2D eigenvalue weighted by molar-refractivity contribution is 5.65. The maximum absolute atomic E-state index is 5.87. The fourth-order valence-corrected chi connectivity index (χ4v) is 2.21. The minimum atomic E-state index is -0.514. The molecule has 0 aliphatic carbocycles. The first kappa shape index (κ1) is 14.5. The highest BCUT2D eigenvalue weighted by Gasteiger charge is 2.34. The van der Waals surface area contributed by atoms with Crippen LogP contribution in [0, 0.1) is 0 Å².